The molecule has 0 radical (unpaired) electrons. The number of rotatable bonds is 5. The predicted octanol–water partition coefficient (Wildman–Crippen LogP) is 4.64. The highest BCUT2D eigenvalue weighted by Crippen LogP contribution is 2.50. The standard InChI is InChI=1S/C28H20BrN3O6/c1-38-22-12-10-16(13-19(22)29)26(33)25-24-23(21-11-9-15-5-2-3-8-20(15)31(21)25)27(34)30(28(24)35)17-6-4-7-18(14-17)32(36)37/h2-14,21,23-25H,1H3/t21-,23-,24+,25-/m0/s1. The molecular weight excluding hydrogens is 554 g/mol. The number of nitrogens with zero attached hydrogens (tertiary/aromatic N) is 3. The maximum Gasteiger partial charge on any atom is 0.271 e. The van der Waals surface area contributed by atoms with Crippen LogP contribution in [0.25, 0.3) is 6.08 Å². The van der Waals surface area contributed by atoms with Crippen molar-refractivity contribution in [2.45, 2.75) is 12.1 Å². The second kappa shape index (κ2) is 8.91. The third-order valence-electron chi connectivity index (χ3n) is 7.42. The van der Waals surface area contributed by atoms with Gasteiger partial charge in [-0.3, -0.25) is 24.5 Å². The first kappa shape index (κ1) is 24.1. The first-order valence-electron chi connectivity index (χ1n) is 11.9. The van der Waals surface area contributed by atoms with Gasteiger partial charge in [-0.1, -0.05) is 36.4 Å². The molecule has 0 unspecified atom stereocenters. The lowest BCUT2D eigenvalue weighted by Crippen LogP contribution is -2.48. The van der Waals surface area contributed by atoms with E-state index in [1.165, 1.54) is 31.4 Å². The molecule has 2 saturated heterocycles. The number of para-hydroxylation sites is 1. The minimum atomic E-state index is -0.976. The van der Waals surface area contributed by atoms with E-state index in [9.17, 15) is 24.5 Å². The molecule has 3 aliphatic rings. The molecule has 3 aliphatic heterocycles. The van der Waals surface area contributed by atoms with Crippen LogP contribution in [0.1, 0.15) is 15.9 Å². The second-order valence-electron chi connectivity index (χ2n) is 9.31. The number of nitro groups is 1. The van der Waals surface area contributed by atoms with Crippen LogP contribution in [-0.2, 0) is 9.59 Å². The van der Waals surface area contributed by atoms with Gasteiger partial charge in [0.25, 0.3) is 5.69 Å². The number of ether oxygens (including phenoxy) is 1. The van der Waals surface area contributed by atoms with E-state index in [0.717, 1.165) is 16.2 Å². The summed E-state index contributed by atoms with van der Waals surface area (Å²) < 4.78 is 5.88. The molecule has 0 saturated carbocycles. The quantitative estimate of drug-likeness (QED) is 0.189. The highest BCUT2D eigenvalue weighted by atomic mass is 79.9. The van der Waals surface area contributed by atoms with E-state index in [2.05, 4.69) is 15.9 Å². The molecule has 2 amide bonds. The Bertz CT molecular complexity index is 1570. The maximum atomic E-state index is 14.1. The van der Waals surface area contributed by atoms with Crippen LogP contribution in [-0.4, -0.2) is 41.7 Å². The lowest BCUT2D eigenvalue weighted by molar-refractivity contribution is -0.384. The van der Waals surface area contributed by atoms with Gasteiger partial charge >= 0.3 is 0 Å². The fourth-order valence-electron chi connectivity index (χ4n) is 5.80. The molecule has 3 aromatic carbocycles. The lowest BCUT2D eigenvalue weighted by atomic mass is 9.86. The lowest BCUT2D eigenvalue weighted by Gasteiger charge is -2.36. The number of carbonyl (C=O) groups is 3. The number of halogens is 1. The number of hydrogen-bond donors (Lipinski definition) is 0. The molecular formula is C28H20BrN3O6. The molecule has 0 aromatic heterocycles. The zero-order chi connectivity index (χ0) is 26.7. The van der Waals surface area contributed by atoms with Crippen LogP contribution >= 0.6 is 15.9 Å². The number of Topliss-reactive ketones (excluding diaryl/α,β-unsaturated/α-hetero) is 1. The van der Waals surface area contributed by atoms with E-state index in [1.807, 2.05) is 41.3 Å². The first-order valence-corrected chi connectivity index (χ1v) is 12.7. The summed E-state index contributed by atoms with van der Waals surface area (Å²) in [6.45, 7) is 0. The molecule has 9 nitrogen and oxygen atoms in total. The third kappa shape index (κ3) is 3.47. The average molecular weight is 574 g/mol. The van der Waals surface area contributed by atoms with Gasteiger partial charge in [0.2, 0.25) is 11.8 Å². The van der Waals surface area contributed by atoms with E-state index >= 15 is 0 Å². The van der Waals surface area contributed by atoms with Crippen LogP contribution < -0.4 is 14.5 Å². The molecule has 38 heavy (non-hydrogen) atoms. The highest BCUT2D eigenvalue weighted by Gasteiger charge is 2.64. The summed E-state index contributed by atoms with van der Waals surface area (Å²) in [6, 6.07) is 16.4. The van der Waals surface area contributed by atoms with Crippen LogP contribution in [0.2, 0.25) is 0 Å². The van der Waals surface area contributed by atoms with Crippen LogP contribution in [0.3, 0.4) is 0 Å². The van der Waals surface area contributed by atoms with Crippen molar-refractivity contribution in [1.82, 2.24) is 0 Å². The van der Waals surface area contributed by atoms with Crippen LogP contribution in [0.4, 0.5) is 17.1 Å². The molecule has 3 aromatic rings. The molecule has 0 bridgehead atoms. The third-order valence-corrected chi connectivity index (χ3v) is 8.04. The topological polar surface area (TPSA) is 110 Å². The molecule has 3 heterocycles. The van der Waals surface area contributed by atoms with Gasteiger partial charge in [0, 0.05) is 23.4 Å². The minimum absolute atomic E-state index is 0.119. The van der Waals surface area contributed by atoms with Gasteiger partial charge in [0.1, 0.15) is 11.8 Å². The monoisotopic (exact) mass is 573 g/mol. The minimum Gasteiger partial charge on any atom is -0.496 e. The van der Waals surface area contributed by atoms with E-state index in [1.54, 1.807) is 18.2 Å². The molecule has 0 N–H and O–H groups in total. The Balaban J connectivity index is 1.48. The number of non-ortho nitro benzene ring substituents is 1. The number of imide groups is 1. The van der Waals surface area contributed by atoms with Gasteiger partial charge in [-0.25, -0.2) is 4.90 Å². The number of fused-ring (bicyclic) bond motifs is 5. The van der Waals surface area contributed by atoms with E-state index in [4.69, 9.17) is 4.74 Å². The molecule has 0 spiro atoms. The molecule has 10 heteroatoms. The normalized spacial score (nSPS) is 23.2. The fraction of sp³-hybridized carbons (Fsp3) is 0.179. The number of methoxy groups -OCH3 is 1. The number of hydrogen-bond acceptors (Lipinski definition) is 7. The Hall–Kier alpha value is -4.31. The SMILES string of the molecule is COc1ccc(C(=O)[C@@H]2[C@@H]3C(=O)N(c4cccc([N+](=O)[O-])c4)C(=O)[C@H]3[C@@H]3C=Cc4ccccc4N23)cc1Br. The zero-order valence-electron chi connectivity index (χ0n) is 20.0. The number of ketones is 1. The van der Waals surface area contributed by atoms with Crippen molar-refractivity contribution in [2.75, 3.05) is 16.9 Å². The van der Waals surface area contributed by atoms with Gasteiger partial charge in [0.15, 0.2) is 5.78 Å². The number of anilines is 2. The summed E-state index contributed by atoms with van der Waals surface area (Å²) in [5.41, 5.74) is 1.90. The van der Waals surface area contributed by atoms with Gasteiger partial charge in [-0.15, -0.1) is 0 Å². The Kier molecular flexibility index (Phi) is 5.64. The Morgan fingerprint density at radius 1 is 1.00 bits per heavy atom. The van der Waals surface area contributed by atoms with Crippen LogP contribution in [0.5, 0.6) is 5.75 Å². The Morgan fingerprint density at radius 3 is 2.50 bits per heavy atom. The predicted molar refractivity (Wildman–Crippen MR) is 143 cm³/mol. The first-order chi connectivity index (χ1) is 18.3. The molecule has 190 valence electrons. The van der Waals surface area contributed by atoms with Crippen LogP contribution in [0, 0.1) is 22.0 Å². The van der Waals surface area contributed by atoms with E-state index < -0.39 is 40.7 Å². The molecule has 4 atom stereocenters. The average Bonchev–Trinajstić information content (AvgIpc) is 3.40. The van der Waals surface area contributed by atoms with Gasteiger partial charge in [-0.2, -0.15) is 0 Å². The van der Waals surface area contributed by atoms with Gasteiger partial charge < -0.3 is 9.64 Å². The van der Waals surface area contributed by atoms with Crippen molar-refractivity contribution >= 4 is 56.7 Å². The van der Waals surface area contributed by atoms with Crippen LogP contribution in [0.15, 0.2) is 77.3 Å². The van der Waals surface area contributed by atoms with Crippen molar-refractivity contribution in [2.24, 2.45) is 11.8 Å². The maximum absolute atomic E-state index is 14.1. The number of carbonyl (C=O) groups excluding carboxylic acids is 3. The number of nitro benzene ring substituents is 1. The fourth-order valence-corrected chi connectivity index (χ4v) is 6.34. The van der Waals surface area contributed by atoms with Crippen molar-refractivity contribution in [3.63, 3.8) is 0 Å². The molecule has 2 fully saturated rings. The van der Waals surface area contributed by atoms with Crippen molar-refractivity contribution in [3.05, 3.63) is 98.5 Å². The number of benzene rings is 3. The van der Waals surface area contributed by atoms with E-state index in [-0.39, 0.29) is 17.2 Å². The second-order valence-corrected chi connectivity index (χ2v) is 10.2. The van der Waals surface area contributed by atoms with Gasteiger partial charge in [0.05, 0.1) is 40.1 Å². The summed E-state index contributed by atoms with van der Waals surface area (Å²) >= 11 is 3.43. The molecule has 6 rings (SSSR count). The largest absolute Gasteiger partial charge is 0.496 e. The zero-order valence-corrected chi connectivity index (χ0v) is 21.6. The molecule has 0 aliphatic carbocycles. The highest BCUT2D eigenvalue weighted by molar-refractivity contribution is 9.10. The Morgan fingerprint density at radius 2 is 1.76 bits per heavy atom. The summed E-state index contributed by atoms with van der Waals surface area (Å²) in [5.74, 6) is -2.59. The summed E-state index contributed by atoms with van der Waals surface area (Å²) in [7, 11) is 1.52. The summed E-state index contributed by atoms with van der Waals surface area (Å²) in [6.07, 6.45) is 3.76. The van der Waals surface area contributed by atoms with Crippen molar-refractivity contribution < 1.29 is 24.0 Å². The number of amides is 2. The summed E-state index contributed by atoms with van der Waals surface area (Å²) in [4.78, 5) is 55.6. The van der Waals surface area contributed by atoms with Crippen molar-refractivity contribution in [3.8, 4) is 5.75 Å². The van der Waals surface area contributed by atoms with Crippen molar-refractivity contribution in [1.29, 1.82) is 0 Å². The van der Waals surface area contributed by atoms with E-state index in [0.29, 0.717) is 15.8 Å². The Labute approximate surface area is 225 Å². The van der Waals surface area contributed by atoms with Gasteiger partial charge in [-0.05, 0) is 51.8 Å². The smallest absolute Gasteiger partial charge is 0.271 e. The summed E-state index contributed by atoms with van der Waals surface area (Å²) in [5, 5.41) is 11.3.